The molecule has 45 heavy (non-hydrogen) atoms. The van der Waals surface area contributed by atoms with Crippen LogP contribution in [0.25, 0.3) is 11.1 Å². The quantitative estimate of drug-likeness (QED) is 0.285. The fourth-order valence-electron chi connectivity index (χ4n) is 6.62. The molecule has 0 bridgehead atoms. The summed E-state index contributed by atoms with van der Waals surface area (Å²) in [7, 11) is 0. The molecule has 1 nitrogen and oxygen atoms in total. The van der Waals surface area contributed by atoms with Crippen molar-refractivity contribution < 1.29 is 0 Å². The fraction of sp³-hybridized carbons (Fsp3) is 0.273. The van der Waals surface area contributed by atoms with Crippen molar-refractivity contribution in [3.8, 4) is 0 Å². The monoisotopic (exact) mass is 593 g/mol. The molecule has 2 atom stereocenters. The normalized spacial score (nSPS) is 23.1. The molecule has 0 heterocycles. The molecule has 0 saturated heterocycles. The summed E-state index contributed by atoms with van der Waals surface area (Å²) in [5.41, 5.74) is 11.5. The standard InChI is InChI=1S/C44H51N/c1-10-12-13-14-15-16-17-23-36(20-11-2)45-37-28-29-38-40(31-37)44(8,9)42-33(4)22-19-18-21-32(3)30-39(41(38)42)34-24-26-35(27-25-34)43(5,6)7/h10-15,17-31,33,42,45H,1-2,16H2,3-9H3/b13-12-,15-14-,21-18-,22-19-,23-17-,32-30?,36-20+,41-39+. The molecule has 0 spiro atoms. The molecule has 2 aliphatic rings. The summed E-state index contributed by atoms with van der Waals surface area (Å²) in [6.45, 7) is 23.9. The highest BCUT2D eigenvalue weighted by atomic mass is 14.9. The second-order valence-electron chi connectivity index (χ2n) is 13.8. The van der Waals surface area contributed by atoms with Crippen LogP contribution in [0.15, 0.2) is 152 Å². The van der Waals surface area contributed by atoms with Crippen molar-refractivity contribution in [3.63, 3.8) is 0 Å². The lowest BCUT2D eigenvalue weighted by molar-refractivity contribution is 0.349. The minimum atomic E-state index is -0.0741. The molecule has 1 heteroatoms. The predicted octanol–water partition coefficient (Wildman–Crippen LogP) is 12.2. The Bertz CT molecular complexity index is 1630. The van der Waals surface area contributed by atoms with Crippen LogP contribution in [0.3, 0.4) is 0 Å². The molecule has 0 aliphatic heterocycles. The van der Waals surface area contributed by atoms with E-state index in [-0.39, 0.29) is 10.8 Å². The number of hydrogen-bond donors (Lipinski definition) is 1. The lowest BCUT2D eigenvalue weighted by Crippen LogP contribution is -2.28. The van der Waals surface area contributed by atoms with E-state index in [1.807, 2.05) is 30.4 Å². The van der Waals surface area contributed by atoms with E-state index in [0.29, 0.717) is 11.8 Å². The number of rotatable bonds is 9. The van der Waals surface area contributed by atoms with E-state index in [4.69, 9.17) is 0 Å². The summed E-state index contributed by atoms with van der Waals surface area (Å²) in [5.74, 6) is 0.671. The van der Waals surface area contributed by atoms with Gasteiger partial charge in [0.05, 0.1) is 0 Å². The highest BCUT2D eigenvalue weighted by Crippen LogP contribution is 2.56. The Morgan fingerprint density at radius 3 is 2.38 bits per heavy atom. The van der Waals surface area contributed by atoms with Gasteiger partial charge in [-0.05, 0) is 87.8 Å². The summed E-state index contributed by atoms with van der Waals surface area (Å²) in [4.78, 5) is 0. The number of benzene rings is 2. The van der Waals surface area contributed by atoms with Crippen LogP contribution in [0, 0.1) is 11.8 Å². The van der Waals surface area contributed by atoms with Crippen LogP contribution in [-0.4, -0.2) is 0 Å². The topological polar surface area (TPSA) is 12.0 Å². The van der Waals surface area contributed by atoms with E-state index in [9.17, 15) is 0 Å². The molecule has 232 valence electrons. The Kier molecular flexibility index (Phi) is 10.9. The van der Waals surface area contributed by atoms with Crippen molar-refractivity contribution in [3.05, 3.63) is 174 Å². The Morgan fingerprint density at radius 1 is 0.933 bits per heavy atom. The number of allylic oxidation sites excluding steroid dienone is 17. The SMILES string of the molecule is C=C/C=C\C=C/C/C=C\C(=C/C=C)Nc1ccc2c(c1)C(C)(C)C1/C2=C(/c2ccc(C(C)(C)C)cc2)C=C(C)/C=C\C=C/C1C. The van der Waals surface area contributed by atoms with E-state index in [1.165, 1.54) is 39.0 Å². The second-order valence-corrected chi connectivity index (χ2v) is 13.8. The zero-order valence-electron chi connectivity index (χ0n) is 28.4. The van der Waals surface area contributed by atoms with Crippen LogP contribution in [0.1, 0.15) is 77.1 Å². The maximum atomic E-state index is 3.95. The Hall–Kier alpha value is -4.36. The third-order valence-corrected chi connectivity index (χ3v) is 8.88. The molecule has 4 rings (SSSR count). The highest BCUT2D eigenvalue weighted by molar-refractivity contribution is 6.00. The molecular weight excluding hydrogens is 542 g/mol. The van der Waals surface area contributed by atoms with Crippen molar-refractivity contribution in [2.75, 3.05) is 5.32 Å². The maximum absolute atomic E-state index is 3.95. The first-order valence-electron chi connectivity index (χ1n) is 16.2. The Balaban J connectivity index is 1.82. The van der Waals surface area contributed by atoms with Gasteiger partial charge >= 0.3 is 0 Å². The summed E-state index contributed by atoms with van der Waals surface area (Å²) in [5, 5.41) is 3.67. The predicted molar refractivity (Wildman–Crippen MR) is 200 cm³/mol. The van der Waals surface area contributed by atoms with Gasteiger partial charge in [0.1, 0.15) is 0 Å². The number of fused-ring (bicyclic) bond motifs is 3. The van der Waals surface area contributed by atoms with Gasteiger partial charge in [0.2, 0.25) is 0 Å². The average molecular weight is 594 g/mol. The average Bonchev–Trinajstić information content (AvgIpc) is 3.23. The van der Waals surface area contributed by atoms with Crippen molar-refractivity contribution in [2.45, 2.75) is 65.7 Å². The number of hydrogen-bond acceptors (Lipinski definition) is 1. The molecule has 0 radical (unpaired) electrons. The van der Waals surface area contributed by atoms with Gasteiger partial charge < -0.3 is 5.32 Å². The third-order valence-electron chi connectivity index (χ3n) is 8.88. The van der Waals surface area contributed by atoms with E-state index >= 15 is 0 Å². The first kappa shape index (κ1) is 33.5. The van der Waals surface area contributed by atoms with Crippen LogP contribution >= 0.6 is 0 Å². The number of anilines is 1. The Labute approximate surface area is 273 Å². The van der Waals surface area contributed by atoms with Gasteiger partial charge in [-0.3, -0.25) is 0 Å². The van der Waals surface area contributed by atoms with Gasteiger partial charge in [0.25, 0.3) is 0 Å². The van der Waals surface area contributed by atoms with Gasteiger partial charge in [-0.2, -0.15) is 0 Å². The maximum Gasteiger partial charge on any atom is 0.0387 e. The van der Waals surface area contributed by atoms with Gasteiger partial charge in [-0.15, -0.1) is 0 Å². The smallest absolute Gasteiger partial charge is 0.0387 e. The molecule has 0 fully saturated rings. The van der Waals surface area contributed by atoms with E-state index in [2.05, 4.69) is 158 Å². The molecule has 1 N–H and O–H groups in total. The van der Waals surface area contributed by atoms with E-state index in [0.717, 1.165) is 17.8 Å². The van der Waals surface area contributed by atoms with Crippen LogP contribution in [0.4, 0.5) is 5.69 Å². The van der Waals surface area contributed by atoms with E-state index < -0.39 is 0 Å². The molecule has 0 aromatic heterocycles. The largest absolute Gasteiger partial charge is 0.356 e. The van der Waals surface area contributed by atoms with Gasteiger partial charge in [0, 0.05) is 17.3 Å². The molecule has 0 amide bonds. The lowest BCUT2D eigenvalue weighted by Gasteiger charge is -2.33. The van der Waals surface area contributed by atoms with Crippen molar-refractivity contribution in [1.82, 2.24) is 0 Å². The van der Waals surface area contributed by atoms with Crippen LogP contribution in [0.2, 0.25) is 0 Å². The molecular formula is C44H51N. The minimum Gasteiger partial charge on any atom is -0.356 e. The van der Waals surface area contributed by atoms with Crippen molar-refractivity contribution in [2.24, 2.45) is 11.8 Å². The number of nitrogens with one attached hydrogen (secondary N) is 1. The molecule has 2 unspecified atom stereocenters. The Morgan fingerprint density at radius 2 is 1.69 bits per heavy atom. The minimum absolute atomic E-state index is 0.0741. The van der Waals surface area contributed by atoms with Crippen LogP contribution in [0.5, 0.6) is 0 Å². The first-order chi connectivity index (χ1) is 21.5. The summed E-state index contributed by atoms with van der Waals surface area (Å²) in [6.07, 6.45) is 30.2. The fourth-order valence-corrected chi connectivity index (χ4v) is 6.62. The first-order valence-corrected chi connectivity index (χ1v) is 16.2. The summed E-state index contributed by atoms with van der Waals surface area (Å²) in [6, 6.07) is 16.2. The molecule has 2 aromatic rings. The molecule has 0 saturated carbocycles. The summed E-state index contributed by atoms with van der Waals surface area (Å²) < 4.78 is 0. The second kappa shape index (κ2) is 14.6. The van der Waals surface area contributed by atoms with Crippen LogP contribution < -0.4 is 5.32 Å². The van der Waals surface area contributed by atoms with Crippen LogP contribution in [-0.2, 0) is 10.8 Å². The van der Waals surface area contributed by atoms with E-state index in [1.54, 1.807) is 6.08 Å². The van der Waals surface area contributed by atoms with Gasteiger partial charge in [0.15, 0.2) is 0 Å². The zero-order valence-corrected chi connectivity index (χ0v) is 28.4. The zero-order chi connectivity index (χ0) is 32.6. The van der Waals surface area contributed by atoms with Gasteiger partial charge in [-0.1, -0.05) is 164 Å². The van der Waals surface area contributed by atoms with Crippen molar-refractivity contribution in [1.29, 1.82) is 0 Å². The van der Waals surface area contributed by atoms with Gasteiger partial charge in [-0.25, -0.2) is 0 Å². The summed E-state index contributed by atoms with van der Waals surface area (Å²) >= 11 is 0. The molecule has 2 aromatic carbocycles. The molecule has 2 aliphatic carbocycles. The lowest BCUT2D eigenvalue weighted by atomic mass is 9.70. The van der Waals surface area contributed by atoms with Crippen molar-refractivity contribution >= 4 is 16.8 Å². The third kappa shape index (κ3) is 8.03. The highest BCUT2D eigenvalue weighted by Gasteiger charge is 2.46.